The Labute approximate surface area is 401 Å². The van der Waals surface area contributed by atoms with E-state index < -0.39 is 0 Å². The Balaban J connectivity index is 1.25. The Kier molecular flexibility index (Phi) is 7.89. The van der Waals surface area contributed by atoms with E-state index in [9.17, 15) is 11.8 Å². The molecule has 0 unspecified atom stereocenters. The van der Waals surface area contributed by atoms with Crippen LogP contribution in [0.15, 0.2) is 199 Å². The highest BCUT2D eigenvalue weighted by atomic mass is 32.1. The van der Waals surface area contributed by atoms with Crippen molar-refractivity contribution in [3.05, 3.63) is 211 Å². The van der Waals surface area contributed by atoms with Crippen LogP contribution in [0.2, 0.25) is 0 Å². The molecule has 5 nitrogen and oxygen atoms in total. The number of benzene rings is 10. The minimum atomic E-state index is 0.413. The average Bonchev–Trinajstić information content (AvgIpc) is 4.22. The number of hydrogen-bond acceptors (Lipinski definition) is 4. The molecule has 0 saturated heterocycles. The van der Waals surface area contributed by atoms with Gasteiger partial charge >= 0.3 is 0 Å². The quantitative estimate of drug-likeness (QED) is 0.165. The van der Waals surface area contributed by atoms with Crippen molar-refractivity contribution in [1.82, 2.24) is 9.13 Å². The van der Waals surface area contributed by atoms with E-state index in [1.54, 1.807) is 22.7 Å². The van der Waals surface area contributed by atoms with Crippen LogP contribution in [0.4, 0.5) is 5.69 Å². The van der Waals surface area contributed by atoms with Gasteiger partial charge in [-0.2, -0.15) is 5.26 Å². The number of aromatic nitrogens is 2. The van der Waals surface area contributed by atoms with Crippen LogP contribution in [-0.4, -0.2) is 9.13 Å². The second kappa shape index (κ2) is 14.3. The van der Waals surface area contributed by atoms with E-state index in [1.807, 2.05) is 48.5 Å². The molecule has 5 heterocycles. The topological polar surface area (TPSA) is 51.1 Å². The maximum absolute atomic E-state index is 12.0. The third-order valence-electron chi connectivity index (χ3n) is 14.2. The zero-order chi connectivity index (χ0) is 45.5. The second-order valence-corrected chi connectivity index (χ2v) is 19.7. The minimum Gasteiger partial charge on any atom is -0.455 e. The molecule has 15 aromatic rings. The van der Waals surface area contributed by atoms with Crippen LogP contribution in [0.3, 0.4) is 0 Å². The monoisotopic (exact) mass is 912 g/mol. The van der Waals surface area contributed by atoms with Gasteiger partial charge in [-0.1, -0.05) is 158 Å². The fourth-order valence-corrected chi connectivity index (χ4v) is 13.9. The van der Waals surface area contributed by atoms with Crippen LogP contribution >= 0.6 is 22.7 Å². The van der Waals surface area contributed by atoms with E-state index in [4.69, 9.17) is 4.42 Å². The molecule has 0 aliphatic rings. The third kappa shape index (κ3) is 5.10. The molecule has 0 saturated carbocycles. The van der Waals surface area contributed by atoms with Crippen molar-refractivity contribution < 1.29 is 4.42 Å². The van der Waals surface area contributed by atoms with Crippen molar-refractivity contribution in [2.45, 2.75) is 0 Å². The van der Waals surface area contributed by atoms with Crippen molar-refractivity contribution in [3.8, 4) is 39.7 Å². The van der Waals surface area contributed by atoms with E-state index in [0.29, 0.717) is 22.5 Å². The van der Waals surface area contributed by atoms with Crippen LogP contribution in [0.25, 0.3) is 144 Å². The normalized spacial score (nSPS) is 12.0. The Morgan fingerprint density at radius 3 is 1.59 bits per heavy atom. The van der Waals surface area contributed by atoms with E-state index in [1.165, 1.54) is 30.9 Å². The van der Waals surface area contributed by atoms with Crippen LogP contribution in [-0.2, 0) is 0 Å². The number of nitrogens with zero attached hydrogens (tertiary/aromatic N) is 4. The van der Waals surface area contributed by atoms with Gasteiger partial charge in [-0.3, -0.25) is 0 Å². The van der Waals surface area contributed by atoms with Crippen LogP contribution in [0.5, 0.6) is 0 Å². The standard InChI is InChI=1S/C62H32N4OS2/c1-64-55-52(35-16-4-2-5-17-35)46(34-63)56(65-47-24-12-8-23-45(47)54-48(65)33-32-42-37-20-9-13-25-49(37)67-60(42)54)53(36-18-6-3-7-19-36)59(55)66-57-40(28-30-43-38-21-10-14-26-50(38)68-61(43)57)41-29-31-44-39-22-11-15-27-51(39)69-62(44)58(41)66/h2-33H. The first-order valence-electron chi connectivity index (χ1n) is 22.9. The largest absolute Gasteiger partial charge is 0.455 e. The molecule has 0 N–H and O–H groups in total. The Morgan fingerprint density at radius 2 is 0.971 bits per heavy atom. The first-order valence-corrected chi connectivity index (χ1v) is 24.5. The SMILES string of the molecule is [C-]#[N+]c1c(-c2ccccc2)c(C#N)c(-n2c3ccccc3c3c4oc5ccccc5c4ccc32)c(-c2ccccc2)c1-n1c2c(ccc3c4ccccc4sc32)c2ccc3c4ccccc4sc3c21. The zero-order valence-corrected chi connectivity index (χ0v) is 38.1. The number of furan rings is 1. The van der Waals surface area contributed by atoms with Gasteiger partial charge in [0, 0.05) is 69.0 Å². The van der Waals surface area contributed by atoms with Crippen molar-refractivity contribution in [2.24, 2.45) is 0 Å². The van der Waals surface area contributed by atoms with Crippen molar-refractivity contribution in [3.63, 3.8) is 0 Å². The molecular formula is C62H32N4OS2. The Morgan fingerprint density at radius 1 is 0.449 bits per heavy atom. The fraction of sp³-hybridized carbons (Fsp3) is 0. The van der Waals surface area contributed by atoms with Crippen LogP contribution < -0.4 is 0 Å². The summed E-state index contributed by atoms with van der Waals surface area (Å²) in [6, 6.07) is 70.6. The van der Waals surface area contributed by atoms with Gasteiger partial charge in [0.2, 0.25) is 5.69 Å². The molecule has 0 aliphatic heterocycles. The van der Waals surface area contributed by atoms with E-state index in [0.717, 1.165) is 97.3 Å². The first-order chi connectivity index (χ1) is 34.2. The molecule has 69 heavy (non-hydrogen) atoms. The molecule has 7 heteroatoms. The van der Waals surface area contributed by atoms with E-state index in [2.05, 4.69) is 166 Å². The molecule has 10 aromatic carbocycles. The second-order valence-electron chi connectivity index (χ2n) is 17.6. The zero-order valence-electron chi connectivity index (χ0n) is 36.5. The summed E-state index contributed by atoms with van der Waals surface area (Å²) in [7, 11) is 0. The lowest BCUT2D eigenvalue weighted by atomic mass is 9.88. The lowest BCUT2D eigenvalue weighted by Gasteiger charge is -2.26. The maximum Gasteiger partial charge on any atom is 0.220 e. The van der Waals surface area contributed by atoms with Gasteiger partial charge in [0.1, 0.15) is 17.2 Å². The maximum atomic E-state index is 12.0. The van der Waals surface area contributed by atoms with Gasteiger partial charge in [0.25, 0.3) is 0 Å². The molecule has 0 spiro atoms. The van der Waals surface area contributed by atoms with Crippen LogP contribution in [0.1, 0.15) is 5.56 Å². The number of rotatable bonds is 4. The fourth-order valence-electron chi connectivity index (χ4n) is 11.4. The summed E-state index contributed by atoms with van der Waals surface area (Å²) in [5, 5.41) is 23.0. The molecular weight excluding hydrogens is 881 g/mol. The van der Waals surface area contributed by atoms with Crippen molar-refractivity contribution in [1.29, 1.82) is 5.26 Å². The summed E-state index contributed by atoms with van der Waals surface area (Å²) in [6.45, 7) is 9.46. The molecule has 0 atom stereocenters. The Hall–Kier alpha value is -8.98. The first kappa shape index (κ1) is 38.2. The highest BCUT2D eigenvalue weighted by Gasteiger charge is 2.33. The highest BCUT2D eigenvalue weighted by Crippen LogP contribution is 2.55. The molecule has 0 fully saturated rings. The predicted octanol–water partition coefficient (Wildman–Crippen LogP) is 18.3. The molecule has 0 bridgehead atoms. The van der Waals surface area contributed by atoms with Crippen molar-refractivity contribution >= 4 is 134 Å². The summed E-state index contributed by atoms with van der Waals surface area (Å²) in [4.78, 5) is 4.63. The molecule has 0 amide bonds. The molecule has 0 aliphatic carbocycles. The van der Waals surface area contributed by atoms with Gasteiger partial charge in [0.05, 0.1) is 60.4 Å². The molecule has 5 aromatic heterocycles. The van der Waals surface area contributed by atoms with E-state index >= 15 is 0 Å². The average molecular weight is 913 g/mol. The number of para-hydroxylation sites is 2. The van der Waals surface area contributed by atoms with Gasteiger partial charge < -0.3 is 13.6 Å². The number of nitriles is 1. The third-order valence-corrected chi connectivity index (χ3v) is 16.6. The molecule has 0 radical (unpaired) electrons. The summed E-state index contributed by atoms with van der Waals surface area (Å²) >= 11 is 3.59. The van der Waals surface area contributed by atoms with Gasteiger partial charge in [0.15, 0.2) is 0 Å². The molecule has 15 rings (SSSR count). The van der Waals surface area contributed by atoms with Gasteiger partial charge in [-0.05, 0) is 47.5 Å². The van der Waals surface area contributed by atoms with Crippen molar-refractivity contribution in [2.75, 3.05) is 0 Å². The summed E-state index contributed by atoms with van der Waals surface area (Å²) in [6.07, 6.45) is 0. The van der Waals surface area contributed by atoms with Crippen LogP contribution in [0, 0.1) is 17.9 Å². The summed E-state index contributed by atoms with van der Waals surface area (Å²) in [5.74, 6) is 0. The lowest BCUT2D eigenvalue weighted by Crippen LogP contribution is -2.08. The summed E-state index contributed by atoms with van der Waals surface area (Å²) < 4.78 is 16.2. The number of thiophene rings is 2. The lowest BCUT2D eigenvalue weighted by molar-refractivity contribution is 0.673. The Bertz CT molecular complexity index is 4670. The number of hydrogen-bond donors (Lipinski definition) is 0. The smallest absolute Gasteiger partial charge is 0.220 e. The minimum absolute atomic E-state index is 0.413. The highest BCUT2D eigenvalue weighted by molar-refractivity contribution is 7.27. The van der Waals surface area contributed by atoms with Gasteiger partial charge in [-0.15, -0.1) is 22.7 Å². The summed E-state index contributed by atoms with van der Waals surface area (Å²) in [5.41, 5.74) is 10.9. The van der Waals surface area contributed by atoms with E-state index in [-0.39, 0.29) is 0 Å². The number of fused-ring (bicyclic) bond motifs is 18. The molecule has 318 valence electrons. The predicted molar refractivity (Wildman–Crippen MR) is 290 cm³/mol. The van der Waals surface area contributed by atoms with Gasteiger partial charge in [-0.25, -0.2) is 4.85 Å².